The molecule has 0 aliphatic carbocycles. The number of ether oxygens (including phenoxy) is 2. The summed E-state index contributed by atoms with van der Waals surface area (Å²) in [6.07, 6.45) is 1.57. The Balaban J connectivity index is 2.00. The lowest BCUT2D eigenvalue weighted by atomic mass is 10.2. The fourth-order valence-corrected chi connectivity index (χ4v) is 2.64. The van der Waals surface area contributed by atoms with Gasteiger partial charge in [0.15, 0.2) is 0 Å². The van der Waals surface area contributed by atoms with Gasteiger partial charge in [-0.2, -0.15) is 11.8 Å². The molecule has 0 spiro atoms. The van der Waals surface area contributed by atoms with E-state index in [2.05, 4.69) is 0 Å². The highest BCUT2D eigenvalue weighted by atomic mass is 32.2. The van der Waals surface area contributed by atoms with Crippen molar-refractivity contribution in [2.75, 3.05) is 11.5 Å². The molecule has 0 saturated carbocycles. The van der Waals surface area contributed by atoms with Crippen LogP contribution in [0.3, 0.4) is 0 Å². The lowest BCUT2D eigenvalue weighted by Gasteiger charge is -2.19. The average molecular weight is 338 g/mol. The first kappa shape index (κ1) is 19.6. The van der Waals surface area contributed by atoms with Gasteiger partial charge in [0.2, 0.25) is 0 Å². The van der Waals surface area contributed by atoms with Gasteiger partial charge >= 0.3 is 11.9 Å². The summed E-state index contributed by atoms with van der Waals surface area (Å²) in [7, 11) is 0. The van der Waals surface area contributed by atoms with Crippen LogP contribution in [0.4, 0.5) is 0 Å². The maximum absolute atomic E-state index is 11.6. The van der Waals surface area contributed by atoms with Gasteiger partial charge in [0.1, 0.15) is 12.2 Å². The summed E-state index contributed by atoms with van der Waals surface area (Å²) in [6, 6.07) is 9.63. The van der Waals surface area contributed by atoms with Gasteiger partial charge in [-0.15, -0.1) is 0 Å². The van der Waals surface area contributed by atoms with Crippen LogP contribution in [0.1, 0.15) is 45.6 Å². The summed E-state index contributed by atoms with van der Waals surface area (Å²) >= 11 is 1.66. The smallest absolute Gasteiger partial charge is 0.307 e. The van der Waals surface area contributed by atoms with Crippen LogP contribution in [0.5, 0.6) is 0 Å². The zero-order valence-corrected chi connectivity index (χ0v) is 15.0. The first-order chi connectivity index (χ1) is 10.9. The van der Waals surface area contributed by atoms with Crippen molar-refractivity contribution < 1.29 is 19.1 Å². The number of esters is 2. The average Bonchev–Trinajstić information content (AvgIpc) is 2.48. The molecule has 4 nitrogen and oxygen atoms in total. The summed E-state index contributed by atoms with van der Waals surface area (Å²) in [4.78, 5) is 23.1. The minimum Gasteiger partial charge on any atom is -0.461 e. The van der Waals surface area contributed by atoms with E-state index in [0.29, 0.717) is 25.2 Å². The lowest BCUT2D eigenvalue weighted by molar-refractivity contribution is -0.154. The third-order valence-electron chi connectivity index (χ3n) is 2.78. The van der Waals surface area contributed by atoms with E-state index in [9.17, 15) is 9.59 Å². The van der Waals surface area contributed by atoms with Crippen LogP contribution in [-0.2, 0) is 25.7 Å². The molecule has 1 rings (SSSR count). The number of rotatable bonds is 9. The molecule has 0 radical (unpaired) electrons. The molecule has 23 heavy (non-hydrogen) atoms. The molecular formula is C18H26O4S. The number of carbonyl (C=O) groups is 2. The number of thioether (sulfide) groups is 1. The lowest BCUT2D eigenvalue weighted by Crippen LogP contribution is -2.24. The maximum Gasteiger partial charge on any atom is 0.307 e. The molecule has 0 aliphatic heterocycles. The summed E-state index contributed by atoms with van der Waals surface area (Å²) in [5, 5.41) is 0. The molecule has 128 valence electrons. The summed E-state index contributed by atoms with van der Waals surface area (Å²) < 4.78 is 10.4. The van der Waals surface area contributed by atoms with Gasteiger partial charge in [0.05, 0.1) is 6.42 Å². The summed E-state index contributed by atoms with van der Waals surface area (Å²) in [6.45, 7) is 5.91. The molecule has 0 aliphatic rings. The van der Waals surface area contributed by atoms with Gasteiger partial charge in [-0.1, -0.05) is 30.3 Å². The SMILES string of the molecule is CC(C)(C)OC(=O)CCSCCCC(=O)OCc1ccccc1. The Bertz CT molecular complexity index is 480. The van der Waals surface area contributed by atoms with E-state index < -0.39 is 5.60 Å². The van der Waals surface area contributed by atoms with Crippen LogP contribution < -0.4 is 0 Å². The van der Waals surface area contributed by atoms with Crippen LogP contribution in [-0.4, -0.2) is 29.0 Å². The molecule has 0 bridgehead atoms. The fraction of sp³-hybridized carbons (Fsp3) is 0.556. The molecule has 0 fully saturated rings. The summed E-state index contributed by atoms with van der Waals surface area (Å²) in [5.41, 5.74) is 0.567. The van der Waals surface area contributed by atoms with Gasteiger partial charge in [0.25, 0.3) is 0 Å². The van der Waals surface area contributed by atoms with Gasteiger partial charge < -0.3 is 9.47 Å². The first-order valence-corrected chi connectivity index (χ1v) is 9.01. The second-order valence-electron chi connectivity index (χ2n) is 6.20. The molecule has 0 unspecified atom stereocenters. The van der Waals surface area contributed by atoms with Crippen molar-refractivity contribution in [1.82, 2.24) is 0 Å². The molecule has 1 aromatic carbocycles. The fourth-order valence-electron chi connectivity index (χ4n) is 1.78. The van der Waals surface area contributed by atoms with Crippen molar-refractivity contribution in [3.05, 3.63) is 35.9 Å². The van der Waals surface area contributed by atoms with E-state index in [-0.39, 0.29) is 11.9 Å². The third kappa shape index (κ3) is 10.8. The second kappa shape index (κ2) is 10.3. The first-order valence-electron chi connectivity index (χ1n) is 7.86. The number of hydrogen-bond acceptors (Lipinski definition) is 5. The van der Waals surface area contributed by atoms with Gasteiger partial charge in [0, 0.05) is 12.2 Å². The van der Waals surface area contributed by atoms with Crippen molar-refractivity contribution in [3.63, 3.8) is 0 Å². The Morgan fingerprint density at radius 2 is 1.70 bits per heavy atom. The Kier molecular flexibility index (Phi) is 8.77. The second-order valence-corrected chi connectivity index (χ2v) is 7.42. The minimum atomic E-state index is -0.426. The maximum atomic E-state index is 11.6. The molecule has 0 amide bonds. The number of carbonyl (C=O) groups excluding carboxylic acids is 2. The molecule has 0 N–H and O–H groups in total. The number of hydrogen-bond donors (Lipinski definition) is 0. The van der Waals surface area contributed by atoms with Crippen molar-refractivity contribution >= 4 is 23.7 Å². The molecule has 1 aromatic rings. The Morgan fingerprint density at radius 1 is 1.00 bits per heavy atom. The molecule has 0 atom stereocenters. The van der Waals surface area contributed by atoms with E-state index in [4.69, 9.17) is 9.47 Å². The molecule has 0 aromatic heterocycles. The van der Waals surface area contributed by atoms with E-state index in [1.54, 1.807) is 11.8 Å². The quantitative estimate of drug-likeness (QED) is 0.503. The van der Waals surface area contributed by atoms with Crippen molar-refractivity contribution in [3.8, 4) is 0 Å². The number of benzene rings is 1. The van der Waals surface area contributed by atoms with Crippen molar-refractivity contribution in [2.24, 2.45) is 0 Å². The predicted octanol–water partition coefficient (Wildman–Crippen LogP) is 3.98. The van der Waals surface area contributed by atoms with E-state index in [1.807, 2.05) is 51.1 Å². The van der Waals surface area contributed by atoms with Crippen LogP contribution in [0.15, 0.2) is 30.3 Å². The Labute approximate surface area is 142 Å². The zero-order chi connectivity index (χ0) is 17.1. The highest BCUT2D eigenvalue weighted by Crippen LogP contribution is 2.12. The van der Waals surface area contributed by atoms with E-state index in [1.165, 1.54) is 0 Å². The van der Waals surface area contributed by atoms with Crippen LogP contribution in [0, 0.1) is 0 Å². The van der Waals surface area contributed by atoms with Crippen LogP contribution >= 0.6 is 11.8 Å². The van der Waals surface area contributed by atoms with E-state index >= 15 is 0 Å². The molecular weight excluding hydrogens is 312 g/mol. The topological polar surface area (TPSA) is 52.6 Å². The summed E-state index contributed by atoms with van der Waals surface area (Å²) in [5.74, 6) is 1.20. The molecule has 0 heterocycles. The molecule has 5 heteroatoms. The Morgan fingerprint density at radius 3 is 2.35 bits per heavy atom. The van der Waals surface area contributed by atoms with Crippen molar-refractivity contribution in [2.45, 2.75) is 52.2 Å². The largest absolute Gasteiger partial charge is 0.461 e. The van der Waals surface area contributed by atoms with Crippen LogP contribution in [0.25, 0.3) is 0 Å². The van der Waals surface area contributed by atoms with Gasteiger partial charge in [-0.25, -0.2) is 0 Å². The highest BCUT2D eigenvalue weighted by Gasteiger charge is 2.15. The van der Waals surface area contributed by atoms with Crippen LogP contribution in [0.2, 0.25) is 0 Å². The standard InChI is InChI=1S/C18H26O4S/c1-18(2,3)22-17(20)11-13-23-12-7-10-16(19)21-14-15-8-5-4-6-9-15/h4-6,8-9H,7,10-14H2,1-3H3. The monoisotopic (exact) mass is 338 g/mol. The normalized spacial score (nSPS) is 11.1. The highest BCUT2D eigenvalue weighted by molar-refractivity contribution is 7.99. The van der Waals surface area contributed by atoms with Crippen molar-refractivity contribution in [1.29, 1.82) is 0 Å². The van der Waals surface area contributed by atoms with Gasteiger partial charge in [-0.3, -0.25) is 9.59 Å². The zero-order valence-electron chi connectivity index (χ0n) is 14.2. The predicted molar refractivity (Wildman–Crippen MR) is 93.3 cm³/mol. The van der Waals surface area contributed by atoms with Gasteiger partial charge in [-0.05, 0) is 38.5 Å². The minimum absolute atomic E-state index is 0.174. The molecule has 0 saturated heterocycles. The van der Waals surface area contributed by atoms with E-state index in [0.717, 1.165) is 17.7 Å². The Hall–Kier alpha value is -1.49. The third-order valence-corrected chi connectivity index (χ3v) is 3.85.